The molecule has 2 N–H and O–H groups in total. The maximum Gasteiger partial charge on any atom is 0.234 e. The first-order valence-electron chi connectivity index (χ1n) is 6.16. The third-order valence-corrected chi connectivity index (χ3v) is 3.45. The van der Waals surface area contributed by atoms with E-state index >= 15 is 0 Å². The van der Waals surface area contributed by atoms with Crippen LogP contribution in [0.2, 0.25) is 0 Å². The van der Waals surface area contributed by atoms with Crippen LogP contribution in [0, 0.1) is 11.2 Å². The standard InChI is InChI=1S/C14H15FN2O2S/c1-14(2)6-11(18)17(12(19)7-14)8-3-4-10(15)9(5-8)13(16)20/h3-5H,6-7H2,1-2H3,(H2,16,20). The second-order valence-electron chi connectivity index (χ2n) is 5.67. The molecule has 1 aromatic rings. The number of thiocarbonyl (C=S) groups is 1. The fraction of sp³-hybridized carbons (Fsp3) is 0.357. The van der Waals surface area contributed by atoms with Crippen molar-refractivity contribution in [2.75, 3.05) is 4.90 Å². The molecule has 0 aromatic heterocycles. The summed E-state index contributed by atoms with van der Waals surface area (Å²) in [7, 11) is 0. The minimum Gasteiger partial charge on any atom is -0.389 e. The molecule has 4 nitrogen and oxygen atoms in total. The van der Waals surface area contributed by atoms with Crippen molar-refractivity contribution in [3.8, 4) is 0 Å². The first-order valence-corrected chi connectivity index (χ1v) is 6.57. The van der Waals surface area contributed by atoms with E-state index in [0.29, 0.717) is 5.69 Å². The summed E-state index contributed by atoms with van der Waals surface area (Å²) in [6.45, 7) is 3.73. The van der Waals surface area contributed by atoms with Gasteiger partial charge in [-0.25, -0.2) is 4.39 Å². The van der Waals surface area contributed by atoms with Gasteiger partial charge in [0.25, 0.3) is 0 Å². The van der Waals surface area contributed by atoms with Crippen LogP contribution >= 0.6 is 12.2 Å². The minimum absolute atomic E-state index is 0.0305. The van der Waals surface area contributed by atoms with Gasteiger partial charge in [0.2, 0.25) is 11.8 Å². The largest absolute Gasteiger partial charge is 0.389 e. The molecule has 0 atom stereocenters. The van der Waals surface area contributed by atoms with Crippen molar-refractivity contribution in [1.29, 1.82) is 0 Å². The van der Waals surface area contributed by atoms with E-state index in [1.54, 1.807) is 0 Å². The second kappa shape index (κ2) is 4.94. The molecule has 0 unspecified atom stereocenters. The Bertz CT molecular complexity index is 593. The number of nitrogens with two attached hydrogens (primary N) is 1. The fourth-order valence-electron chi connectivity index (χ4n) is 2.31. The van der Waals surface area contributed by atoms with Gasteiger partial charge in [0.15, 0.2) is 0 Å². The highest BCUT2D eigenvalue weighted by Crippen LogP contribution is 2.34. The van der Waals surface area contributed by atoms with Crippen LogP contribution in [0.5, 0.6) is 0 Å². The Morgan fingerprint density at radius 1 is 1.30 bits per heavy atom. The molecule has 2 rings (SSSR count). The number of benzene rings is 1. The van der Waals surface area contributed by atoms with Gasteiger partial charge in [0.1, 0.15) is 10.8 Å². The zero-order valence-corrected chi connectivity index (χ0v) is 12.1. The minimum atomic E-state index is -0.571. The highest BCUT2D eigenvalue weighted by molar-refractivity contribution is 7.80. The highest BCUT2D eigenvalue weighted by Gasteiger charge is 2.38. The van der Waals surface area contributed by atoms with Gasteiger partial charge in [-0.05, 0) is 23.6 Å². The van der Waals surface area contributed by atoms with Crippen LogP contribution in [-0.2, 0) is 9.59 Å². The summed E-state index contributed by atoms with van der Waals surface area (Å²) in [5, 5.41) is 0. The van der Waals surface area contributed by atoms with Crippen LogP contribution in [0.4, 0.5) is 10.1 Å². The number of imide groups is 1. The average Bonchev–Trinajstić information content (AvgIpc) is 2.28. The molecule has 0 radical (unpaired) electrons. The maximum absolute atomic E-state index is 13.5. The molecular formula is C14H15FN2O2S. The second-order valence-corrected chi connectivity index (χ2v) is 6.11. The predicted octanol–water partition coefficient (Wildman–Crippen LogP) is 2.14. The van der Waals surface area contributed by atoms with E-state index in [-0.39, 0.29) is 40.6 Å². The van der Waals surface area contributed by atoms with E-state index in [9.17, 15) is 14.0 Å². The maximum atomic E-state index is 13.5. The van der Waals surface area contributed by atoms with Crippen molar-refractivity contribution in [3.63, 3.8) is 0 Å². The molecule has 0 saturated carbocycles. The summed E-state index contributed by atoms with van der Waals surface area (Å²) >= 11 is 4.76. The normalized spacial score (nSPS) is 18.2. The third-order valence-electron chi connectivity index (χ3n) is 3.23. The van der Waals surface area contributed by atoms with E-state index in [4.69, 9.17) is 18.0 Å². The van der Waals surface area contributed by atoms with Crippen molar-refractivity contribution in [3.05, 3.63) is 29.6 Å². The zero-order chi connectivity index (χ0) is 15.1. The predicted molar refractivity (Wildman–Crippen MR) is 77.8 cm³/mol. The Labute approximate surface area is 121 Å². The summed E-state index contributed by atoms with van der Waals surface area (Å²) < 4.78 is 13.5. The van der Waals surface area contributed by atoms with Gasteiger partial charge in [0, 0.05) is 18.4 Å². The number of nitrogens with zero attached hydrogens (tertiary/aromatic N) is 1. The van der Waals surface area contributed by atoms with E-state index in [2.05, 4.69) is 0 Å². The Morgan fingerprint density at radius 2 is 1.85 bits per heavy atom. The van der Waals surface area contributed by atoms with Gasteiger partial charge in [-0.2, -0.15) is 0 Å². The van der Waals surface area contributed by atoms with Gasteiger partial charge in [-0.15, -0.1) is 0 Å². The molecule has 1 aromatic carbocycles. The molecular weight excluding hydrogens is 279 g/mol. The highest BCUT2D eigenvalue weighted by atomic mass is 32.1. The van der Waals surface area contributed by atoms with Crippen LogP contribution in [0.1, 0.15) is 32.3 Å². The van der Waals surface area contributed by atoms with Crippen LogP contribution < -0.4 is 10.6 Å². The number of anilines is 1. The lowest BCUT2D eigenvalue weighted by Crippen LogP contribution is -2.46. The number of carbonyl (C=O) groups is 2. The number of halogens is 1. The van der Waals surface area contributed by atoms with Crippen molar-refractivity contribution in [1.82, 2.24) is 0 Å². The van der Waals surface area contributed by atoms with E-state index in [1.807, 2.05) is 13.8 Å². The lowest BCUT2D eigenvalue weighted by atomic mass is 9.81. The van der Waals surface area contributed by atoms with E-state index in [0.717, 1.165) is 11.0 Å². The smallest absolute Gasteiger partial charge is 0.234 e. The van der Waals surface area contributed by atoms with Crippen LogP contribution in [0.3, 0.4) is 0 Å². The lowest BCUT2D eigenvalue weighted by Gasteiger charge is -2.34. The van der Waals surface area contributed by atoms with Gasteiger partial charge in [-0.3, -0.25) is 14.5 Å². The molecule has 0 aliphatic carbocycles. The molecule has 0 spiro atoms. The lowest BCUT2D eigenvalue weighted by molar-refractivity contribution is -0.132. The molecule has 2 amide bonds. The molecule has 1 aliphatic heterocycles. The van der Waals surface area contributed by atoms with Crippen LogP contribution in [0.15, 0.2) is 18.2 Å². The Morgan fingerprint density at radius 3 is 2.35 bits per heavy atom. The third kappa shape index (κ3) is 2.70. The average molecular weight is 294 g/mol. The SMILES string of the molecule is CC1(C)CC(=O)N(c2ccc(F)c(C(N)=S)c2)C(=O)C1. The zero-order valence-electron chi connectivity index (χ0n) is 11.3. The van der Waals surface area contributed by atoms with Crippen LogP contribution in [0.25, 0.3) is 0 Å². The summed E-state index contributed by atoms with van der Waals surface area (Å²) in [6, 6.07) is 3.88. The summed E-state index contributed by atoms with van der Waals surface area (Å²) in [4.78, 5) is 25.2. The number of hydrogen-bond donors (Lipinski definition) is 1. The molecule has 20 heavy (non-hydrogen) atoms. The Hall–Kier alpha value is -1.82. The van der Waals surface area contributed by atoms with Gasteiger partial charge >= 0.3 is 0 Å². The molecule has 1 saturated heterocycles. The van der Waals surface area contributed by atoms with Gasteiger partial charge in [-0.1, -0.05) is 26.1 Å². The fourth-order valence-corrected chi connectivity index (χ4v) is 2.46. The van der Waals surface area contributed by atoms with Gasteiger partial charge < -0.3 is 5.73 Å². The van der Waals surface area contributed by atoms with Gasteiger partial charge in [0.05, 0.1) is 5.69 Å². The summed E-state index contributed by atoms with van der Waals surface area (Å²) in [5.41, 5.74) is 5.41. The monoisotopic (exact) mass is 294 g/mol. The topological polar surface area (TPSA) is 63.4 Å². The number of carbonyl (C=O) groups excluding carboxylic acids is 2. The molecule has 1 heterocycles. The first kappa shape index (κ1) is 14.6. The van der Waals surface area contributed by atoms with Crippen molar-refractivity contribution in [2.45, 2.75) is 26.7 Å². The van der Waals surface area contributed by atoms with Crippen LogP contribution in [-0.4, -0.2) is 16.8 Å². The van der Waals surface area contributed by atoms with Crippen molar-refractivity contribution >= 4 is 34.7 Å². The molecule has 106 valence electrons. The van der Waals surface area contributed by atoms with E-state index in [1.165, 1.54) is 12.1 Å². The Kier molecular flexibility index (Phi) is 3.60. The molecule has 6 heteroatoms. The summed E-state index contributed by atoms with van der Waals surface area (Å²) in [6.07, 6.45) is 0.525. The number of hydrogen-bond acceptors (Lipinski definition) is 3. The van der Waals surface area contributed by atoms with E-state index < -0.39 is 5.82 Å². The first-order chi connectivity index (χ1) is 9.21. The number of amides is 2. The quantitative estimate of drug-likeness (QED) is 0.670. The van der Waals surface area contributed by atoms with Crippen molar-refractivity contribution in [2.24, 2.45) is 11.1 Å². The molecule has 1 aliphatic rings. The molecule has 0 bridgehead atoms. The van der Waals surface area contributed by atoms with Crippen molar-refractivity contribution < 1.29 is 14.0 Å². The summed E-state index contributed by atoms with van der Waals surface area (Å²) in [5.74, 6) is -1.17. The number of rotatable bonds is 2. The number of piperidine rings is 1. The molecule has 1 fully saturated rings. The Balaban J connectivity index is 2.42.